The summed E-state index contributed by atoms with van der Waals surface area (Å²) in [6.07, 6.45) is 0.632. The largest absolute Gasteiger partial charge is 0.387 e. The quantitative estimate of drug-likeness (QED) is 0.628. The van der Waals surface area contributed by atoms with Gasteiger partial charge in [0.05, 0.1) is 10.5 Å². The molecular formula is C17H20ClN3O3S. The number of hydrogen-bond donors (Lipinski definition) is 4. The van der Waals surface area contributed by atoms with E-state index in [9.17, 15) is 14.7 Å². The van der Waals surface area contributed by atoms with Crippen LogP contribution in [0.4, 0.5) is 0 Å². The average Bonchev–Trinajstić information content (AvgIpc) is 3.23. The molecule has 1 aliphatic rings. The molecule has 3 rings (SSSR count). The zero-order valence-electron chi connectivity index (χ0n) is 13.5. The molecule has 1 aromatic heterocycles. The van der Waals surface area contributed by atoms with E-state index in [1.54, 1.807) is 18.2 Å². The van der Waals surface area contributed by atoms with Gasteiger partial charge in [0.2, 0.25) is 0 Å². The topological polar surface area (TPSA) is 104 Å². The molecule has 1 aliphatic heterocycles. The summed E-state index contributed by atoms with van der Waals surface area (Å²) < 4.78 is 0. The second-order valence-corrected chi connectivity index (χ2v) is 7.02. The second-order valence-electron chi connectivity index (χ2n) is 5.94. The minimum absolute atomic E-state index is 0. The second kappa shape index (κ2) is 7.97. The van der Waals surface area contributed by atoms with Crippen LogP contribution in [0.3, 0.4) is 0 Å². The van der Waals surface area contributed by atoms with Gasteiger partial charge >= 0.3 is 0 Å². The van der Waals surface area contributed by atoms with Gasteiger partial charge < -0.3 is 21.5 Å². The summed E-state index contributed by atoms with van der Waals surface area (Å²) in [5, 5.41) is 16.1. The summed E-state index contributed by atoms with van der Waals surface area (Å²) in [4.78, 5) is 24.8. The average molecular weight is 382 g/mol. The number of halogens is 1. The molecule has 134 valence electrons. The molecule has 25 heavy (non-hydrogen) atoms. The minimum Gasteiger partial charge on any atom is -0.387 e. The summed E-state index contributed by atoms with van der Waals surface area (Å²) >= 11 is 1.32. The van der Waals surface area contributed by atoms with E-state index in [-0.39, 0.29) is 24.9 Å². The van der Waals surface area contributed by atoms with Gasteiger partial charge in [-0.25, -0.2) is 0 Å². The molecule has 0 aliphatic carbocycles. The van der Waals surface area contributed by atoms with Crippen LogP contribution in [0.5, 0.6) is 0 Å². The van der Waals surface area contributed by atoms with Crippen molar-refractivity contribution in [2.75, 3.05) is 19.6 Å². The van der Waals surface area contributed by atoms with Crippen LogP contribution in [-0.4, -0.2) is 42.2 Å². The number of carbonyl (C=O) groups is 2. The number of β-amino-alcohol motifs (C(OH)–C–C–N with tert-alkyl or cyclic N) is 1. The van der Waals surface area contributed by atoms with Crippen molar-refractivity contribution in [3.05, 3.63) is 46.8 Å². The van der Waals surface area contributed by atoms with E-state index in [0.29, 0.717) is 23.4 Å². The maximum atomic E-state index is 12.2. The minimum atomic E-state index is -0.863. The third-order valence-electron chi connectivity index (χ3n) is 4.08. The third-order valence-corrected chi connectivity index (χ3v) is 5.23. The molecule has 6 nitrogen and oxygen atoms in total. The maximum absolute atomic E-state index is 12.2. The number of rotatable bonds is 5. The highest BCUT2D eigenvalue weighted by Gasteiger charge is 2.31. The molecule has 0 saturated carbocycles. The standard InChI is InChI=1S/C17H19N3O3S.ClH/c18-15(21)14-6-5-13(24-14)11-1-3-12(4-2-11)16(22)20-10-17(23)7-8-19-9-17;/h1-6,19,23H,7-10H2,(H2,18,21)(H,20,22);1H. The molecule has 1 aromatic carbocycles. The Bertz CT molecular complexity index is 755. The summed E-state index contributed by atoms with van der Waals surface area (Å²) in [6.45, 7) is 1.48. The van der Waals surface area contributed by atoms with E-state index in [1.165, 1.54) is 11.3 Å². The van der Waals surface area contributed by atoms with Crippen molar-refractivity contribution in [2.45, 2.75) is 12.0 Å². The molecule has 0 spiro atoms. The lowest BCUT2D eigenvalue weighted by molar-refractivity contribution is 0.0562. The van der Waals surface area contributed by atoms with Gasteiger partial charge in [0.25, 0.3) is 11.8 Å². The van der Waals surface area contributed by atoms with E-state index in [1.807, 2.05) is 18.2 Å². The molecule has 0 radical (unpaired) electrons. The van der Waals surface area contributed by atoms with Gasteiger partial charge in [0.1, 0.15) is 0 Å². The summed E-state index contributed by atoms with van der Waals surface area (Å²) in [6, 6.07) is 10.6. The fraction of sp³-hybridized carbons (Fsp3) is 0.294. The zero-order chi connectivity index (χ0) is 17.2. The molecule has 2 heterocycles. The third kappa shape index (κ3) is 4.58. The zero-order valence-corrected chi connectivity index (χ0v) is 15.1. The fourth-order valence-electron chi connectivity index (χ4n) is 2.64. The Morgan fingerprint density at radius 3 is 2.52 bits per heavy atom. The number of thiophene rings is 1. The van der Waals surface area contributed by atoms with Crippen molar-refractivity contribution >= 4 is 35.6 Å². The van der Waals surface area contributed by atoms with Gasteiger partial charge in [-0.3, -0.25) is 9.59 Å². The van der Waals surface area contributed by atoms with Gasteiger partial charge in [0.15, 0.2) is 0 Å². The highest BCUT2D eigenvalue weighted by molar-refractivity contribution is 7.17. The van der Waals surface area contributed by atoms with Crippen LogP contribution in [0.2, 0.25) is 0 Å². The lowest BCUT2D eigenvalue weighted by Gasteiger charge is -2.21. The van der Waals surface area contributed by atoms with Crippen LogP contribution in [0.1, 0.15) is 26.5 Å². The van der Waals surface area contributed by atoms with E-state index < -0.39 is 11.5 Å². The smallest absolute Gasteiger partial charge is 0.258 e. The maximum Gasteiger partial charge on any atom is 0.258 e. The Balaban J connectivity index is 0.00000225. The van der Waals surface area contributed by atoms with Gasteiger partial charge in [-0.2, -0.15) is 0 Å². The van der Waals surface area contributed by atoms with E-state index in [2.05, 4.69) is 10.6 Å². The van der Waals surface area contributed by atoms with E-state index in [0.717, 1.165) is 17.0 Å². The Kier molecular flexibility index (Phi) is 6.18. The van der Waals surface area contributed by atoms with Crippen molar-refractivity contribution < 1.29 is 14.7 Å². The van der Waals surface area contributed by atoms with Crippen molar-refractivity contribution in [3.63, 3.8) is 0 Å². The van der Waals surface area contributed by atoms with Crippen molar-refractivity contribution in [3.8, 4) is 10.4 Å². The molecular weight excluding hydrogens is 362 g/mol. The summed E-state index contributed by atoms with van der Waals surface area (Å²) in [5.74, 6) is -0.660. The number of hydrogen-bond acceptors (Lipinski definition) is 5. The fourth-order valence-corrected chi connectivity index (χ4v) is 3.50. The SMILES string of the molecule is Cl.NC(=O)c1ccc(-c2ccc(C(=O)NCC3(O)CCNC3)cc2)s1. The van der Waals surface area contributed by atoms with Gasteiger partial charge in [-0.1, -0.05) is 12.1 Å². The molecule has 1 fully saturated rings. The number of carbonyl (C=O) groups excluding carboxylic acids is 2. The van der Waals surface area contributed by atoms with Gasteiger partial charge in [0, 0.05) is 23.5 Å². The Hall–Kier alpha value is -1.93. The molecule has 2 amide bonds. The first-order valence-corrected chi connectivity index (χ1v) is 8.50. The van der Waals surface area contributed by atoms with Crippen LogP contribution in [-0.2, 0) is 0 Å². The van der Waals surface area contributed by atoms with E-state index >= 15 is 0 Å². The monoisotopic (exact) mass is 381 g/mol. The highest BCUT2D eigenvalue weighted by atomic mass is 35.5. The van der Waals surface area contributed by atoms with E-state index in [4.69, 9.17) is 5.73 Å². The van der Waals surface area contributed by atoms with Crippen molar-refractivity contribution in [2.24, 2.45) is 5.73 Å². The Labute approximate surface area is 155 Å². The van der Waals surface area contributed by atoms with Crippen LogP contribution in [0.25, 0.3) is 10.4 Å². The normalized spacial score (nSPS) is 19.2. The number of benzene rings is 1. The molecule has 1 atom stereocenters. The molecule has 1 unspecified atom stereocenters. The van der Waals surface area contributed by atoms with Gasteiger partial charge in [-0.15, -0.1) is 23.7 Å². The summed E-state index contributed by atoms with van der Waals surface area (Å²) in [7, 11) is 0. The predicted molar refractivity (Wildman–Crippen MR) is 100 cm³/mol. The Morgan fingerprint density at radius 2 is 1.96 bits per heavy atom. The lowest BCUT2D eigenvalue weighted by Crippen LogP contribution is -2.44. The Morgan fingerprint density at radius 1 is 1.24 bits per heavy atom. The first kappa shape index (κ1) is 19.4. The first-order chi connectivity index (χ1) is 11.5. The lowest BCUT2D eigenvalue weighted by atomic mass is 10.0. The molecule has 8 heteroatoms. The molecule has 5 N–H and O–H groups in total. The number of aliphatic hydroxyl groups is 1. The van der Waals surface area contributed by atoms with Crippen LogP contribution in [0, 0.1) is 0 Å². The molecule has 0 bridgehead atoms. The number of amides is 2. The van der Waals surface area contributed by atoms with Crippen LogP contribution < -0.4 is 16.4 Å². The number of nitrogens with one attached hydrogen (secondary N) is 2. The van der Waals surface area contributed by atoms with Crippen LogP contribution >= 0.6 is 23.7 Å². The molecule has 2 aromatic rings. The number of primary amides is 1. The van der Waals surface area contributed by atoms with Crippen LogP contribution in [0.15, 0.2) is 36.4 Å². The first-order valence-electron chi connectivity index (χ1n) is 7.68. The summed E-state index contributed by atoms with van der Waals surface area (Å²) in [5.41, 5.74) is 5.84. The van der Waals surface area contributed by atoms with Crippen molar-refractivity contribution in [1.29, 1.82) is 0 Å². The van der Waals surface area contributed by atoms with Crippen molar-refractivity contribution in [1.82, 2.24) is 10.6 Å². The predicted octanol–water partition coefficient (Wildman–Crippen LogP) is 1.39. The highest BCUT2D eigenvalue weighted by Crippen LogP contribution is 2.28. The number of nitrogens with two attached hydrogens (primary N) is 1. The molecule has 1 saturated heterocycles. The van der Waals surface area contributed by atoms with Gasteiger partial charge in [-0.05, 0) is 42.8 Å².